The molecule has 0 aromatic heterocycles. The van der Waals surface area contributed by atoms with Crippen molar-refractivity contribution in [3.05, 3.63) is 35.9 Å². The van der Waals surface area contributed by atoms with Gasteiger partial charge in [0.1, 0.15) is 5.92 Å². The number of hydrogen-bond donors (Lipinski definition) is 1. The van der Waals surface area contributed by atoms with Gasteiger partial charge in [0, 0.05) is 25.6 Å². The van der Waals surface area contributed by atoms with E-state index in [0.29, 0.717) is 6.42 Å². The number of benzene rings is 1. The third kappa shape index (κ3) is 3.83. The van der Waals surface area contributed by atoms with Gasteiger partial charge in [0.15, 0.2) is 0 Å². The quantitative estimate of drug-likeness (QED) is 0.903. The molecule has 112 valence electrons. The van der Waals surface area contributed by atoms with Gasteiger partial charge < -0.3 is 10.0 Å². The van der Waals surface area contributed by atoms with Crippen molar-refractivity contribution in [3.63, 3.8) is 0 Å². The first-order valence-electron chi connectivity index (χ1n) is 7.62. The lowest BCUT2D eigenvalue weighted by Gasteiger charge is -2.31. The van der Waals surface area contributed by atoms with E-state index < -0.39 is 5.92 Å². The third-order valence-electron chi connectivity index (χ3n) is 4.14. The first kappa shape index (κ1) is 15.5. The Kier molecular flexibility index (Phi) is 5.77. The molecule has 0 saturated carbocycles. The van der Waals surface area contributed by atoms with Crippen molar-refractivity contribution in [1.29, 1.82) is 5.26 Å². The molecule has 1 aromatic carbocycles. The van der Waals surface area contributed by atoms with Gasteiger partial charge in [0.05, 0.1) is 6.07 Å². The van der Waals surface area contributed by atoms with Gasteiger partial charge in [-0.2, -0.15) is 5.26 Å². The third-order valence-corrected chi connectivity index (χ3v) is 4.14. The molecule has 1 N–H and O–H groups in total. The molecule has 0 aliphatic carbocycles. The van der Waals surface area contributed by atoms with E-state index in [0.717, 1.165) is 37.9 Å². The first-order valence-corrected chi connectivity index (χ1v) is 7.62. The maximum Gasteiger partial charge on any atom is 0.240 e. The molecule has 0 spiro atoms. The van der Waals surface area contributed by atoms with Gasteiger partial charge >= 0.3 is 0 Å². The summed E-state index contributed by atoms with van der Waals surface area (Å²) < 4.78 is 0. The molecule has 1 fully saturated rings. The van der Waals surface area contributed by atoms with Crippen molar-refractivity contribution in [1.82, 2.24) is 4.90 Å². The van der Waals surface area contributed by atoms with Crippen LogP contribution in [0.3, 0.4) is 0 Å². The van der Waals surface area contributed by atoms with Crippen LogP contribution in [-0.2, 0) is 4.79 Å². The normalized spacial score (nSPS) is 17.8. The molecule has 4 heteroatoms. The molecule has 1 saturated heterocycles. The number of rotatable bonds is 5. The summed E-state index contributed by atoms with van der Waals surface area (Å²) in [4.78, 5) is 14.5. The number of nitriles is 1. The van der Waals surface area contributed by atoms with Crippen molar-refractivity contribution < 1.29 is 9.90 Å². The van der Waals surface area contributed by atoms with Crippen LogP contribution in [0.2, 0.25) is 0 Å². The van der Waals surface area contributed by atoms with Crippen molar-refractivity contribution in [3.8, 4) is 6.07 Å². The van der Waals surface area contributed by atoms with E-state index in [1.165, 1.54) is 0 Å². The Bertz CT molecular complexity index is 489. The van der Waals surface area contributed by atoms with Gasteiger partial charge in [0.2, 0.25) is 5.91 Å². The van der Waals surface area contributed by atoms with Crippen LogP contribution in [0.25, 0.3) is 0 Å². The Balaban J connectivity index is 2.19. The summed E-state index contributed by atoms with van der Waals surface area (Å²) in [6, 6.07) is 11.7. The molecular formula is C17H22N2O2. The smallest absolute Gasteiger partial charge is 0.240 e. The lowest BCUT2D eigenvalue weighted by molar-refractivity contribution is -0.135. The Hall–Kier alpha value is -1.86. The Morgan fingerprint density at radius 3 is 2.48 bits per heavy atom. The molecule has 1 amide bonds. The predicted octanol–water partition coefficient (Wildman–Crippen LogP) is 2.30. The van der Waals surface area contributed by atoms with Crippen LogP contribution in [-0.4, -0.2) is 35.6 Å². The Morgan fingerprint density at radius 2 is 1.90 bits per heavy atom. The topological polar surface area (TPSA) is 64.3 Å². The summed E-state index contributed by atoms with van der Waals surface area (Å²) in [6.45, 7) is 1.47. The van der Waals surface area contributed by atoms with Gasteiger partial charge in [-0.1, -0.05) is 30.3 Å². The summed E-state index contributed by atoms with van der Waals surface area (Å²) >= 11 is 0. The van der Waals surface area contributed by atoms with Crippen molar-refractivity contribution in [2.75, 3.05) is 19.7 Å². The number of aliphatic hydroxyl groups excluding tert-OH is 1. The zero-order chi connectivity index (χ0) is 15.1. The van der Waals surface area contributed by atoms with Gasteiger partial charge in [-0.3, -0.25) is 4.79 Å². The van der Waals surface area contributed by atoms with Crippen LogP contribution in [0.15, 0.2) is 30.3 Å². The van der Waals surface area contributed by atoms with E-state index >= 15 is 0 Å². The summed E-state index contributed by atoms with van der Waals surface area (Å²) in [5.41, 5.74) is 0.948. The lowest BCUT2D eigenvalue weighted by Crippen LogP contribution is -2.41. The Morgan fingerprint density at radius 1 is 1.24 bits per heavy atom. The van der Waals surface area contributed by atoms with E-state index in [2.05, 4.69) is 6.07 Å². The fourth-order valence-corrected chi connectivity index (χ4v) is 2.99. The van der Waals surface area contributed by atoms with Crippen LogP contribution in [0.4, 0.5) is 0 Å². The zero-order valence-electron chi connectivity index (χ0n) is 12.2. The summed E-state index contributed by atoms with van der Waals surface area (Å²) in [5, 5.41) is 18.8. The number of carbonyl (C=O) groups is 1. The number of hydrogen-bond acceptors (Lipinski definition) is 3. The van der Waals surface area contributed by atoms with E-state index in [1.54, 1.807) is 0 Å². The van der Waals surface area contributed by atoms with E-state index in [4.69, 9.17) is 0 Å². The number of likely N-dealkylation sites (tertiary alicyclic amines) is 1. The number of aliphatic hydroxyl groups is 1. The highest BCUT2D eigenvalue weighted by Crippen LogP contribution is 2.30. The van der Waals surface area contributed by atoms with Gasteiger partial charge in [-0.15, -0.1) is 0 Å². The second kappa shape index (κ2) is 7.80. The van der Waals surface area contributed by atoms with Crippen LogP contribution >= 0.6 is 0 Å². The minimum Gasteiger partial charge on any atom is -0.396 e. The minimum absolute atomic E-state index is 0.0228. The van der Waals surface area contributed by atoms with Crippen molar-refractivity contribution >= 4 is 5.91 Å². The number of piperidine rings is 1. The molecule has 1 heterocycles. The van der Waals surface area contributed by atoms with Gasteiger partial charge in [-0.05, 0) is 31.2 Å². The number of nitrogens with zero attached hydrogens (tertiary/aromatic N) is 2. The highest BCUT2D eigenvalue weighted by atomic mass is 16.3. The van der Waals surface area contributed by atoms with E-state index in [-0.39, 0.29) is 18.4 Å². The minimum atomic E-state index is -0.711. The zero-order valence-corrected chi connectivity index (χ0v) is 12.2. The van der Waals surface area contributed by atoms with Gasteiger partial charge in [-0.25, -0.2) is 0 Å². The highest BCUT2D eigenvalue weighted by Gasteiger charge is 2.32. The average molecular weight is 286 g/mol. The summed E-state index contributed by atoms with van der Waals surface area (Å²) in [7, 11) is 0. The molecule has 0 radical (unpaired) electrons. The molecule has 0 bridgehead atoms. The fraction of sp³-hybridized carbons (Fsp3) is 0.529. The highest BCUT2D eigenvalue weighted by molar-refractivity contribution is 5.82. The fourth-order valence-electron chi connectivity index (χ4n) is 2.99. The molecular weight excluding hydrogens is 264 g/mol. The molecule has 1 aliphatic rings. The van der Waals surface area contributed by atoms with Crippen molar-refractivity contribution in [2.45, 2.75) is 31.6 Å². The van der Waals surface area contributed by atoms with Crippen LogP contribution in [0, 0.1) is 17.2 Å². The van der Waals surface area contributed by atoms with Gasteiger partial charge in [0.25, 0.3) is 0 Å². The van der Waals surface area contributed by atoms with Crippen LogP contribution in [0.1, 0.15) is 37.2 Å². The van der Waals surface area contributed by atoms with Crippen LogP contribution in [0.5, 0.6) is 0 Å². The molecule has 2 unspecified atom stereocenters. The standard InChI is InChI=1S/C17H22N2O2/c18-13-16(17(21)19-10-5-2-6-11-19)15(9-12-20)14-7-3-1-4-8-14/h1,3-4,7-8,15-16,20H,2,5-6,9-12H2. The SMILES string of the molecule is N#CC(C(=O)N1CCCCC1)C(CCO)c1ccccc1. The van der Waals surface area contributed by atoms with Crippen molar-refractivity contribution in [2.24, 2.45) is 5.92 Å². The molecule has 1 aliphatic heterocycles. The second-order valence-corrected chi connectivity index (χ2v) is 5.52. The monoisotopic (exact) mass is 286 g/mol. The molecule has 4 nitrogen and oxygen atoms in total. The second-order valence-electron chi connectivity index (χ2n) is 5.52. The van der Waals surface area contributed by atoms with E-state index in [1.807, 2.05) is 35.2 Å². The molecule has 2 rings (SSSR count). The maximum atomic E-state index is 12.6. The van der Waals surface area contributed by atoms with E-state index in [9.17, 15) is 15.2 Å². The van der Waals surface area contributed by atoms with Crippen LogP contribution < -0.4 is 0 Å². The number of amides is 1. The molecule has 21 heavy (non-hydrogen) atoms. The Labute approximate surface area is 126 Å². The summed E-state index contributed by atoms with van der Waals surface area (Å²) in [5.74, 6) is -1.03. The maximum absolute atomic E-state index is 12.6. The first-order chi connectivity index (χ1) is 10.3. The molecule has 2 atom stereocenters. The predicted molar refractivity (Wildman–Crippen MR) is 80.4 cm³/mol. The molecule has 1 aromatic rings. The largest absolute Gasteiger partial charge is 0.396 e. The number of carbonyl (C=O) groups excluding carboxylic acids is 1. The summed E-state index contributed by atoms with van der Waals surface area (Å²) in [6.07, 6.45) is 3.61. The average Bonchev–Trinajstić information content (AvgIpc) is 2.56. The lowest BCUT2D eigenvalue weighted by atomic mass is 9.83.